The first-order valence-electron chi connectivity index (χ1n) is 7.51. The number of nitrogens with zero attached hydrogens (tertiary/aromatic N) is 4. The Kier molecular flexibility index (Phi) is 3.14. The van der Waals surface area contributed by atoms with Gasteiger partial charge in [0.25, 0.3) is 0 Å². The molecule has 1 amide bonds. The van der Waals surface area contributed by atoms with Crippen molar-refractivity contribution in [2.45, 2.75) is 19.8 Å². The molecule has 2 fully saturated rings. The van der Waals surface area contributed by atoms with Crippen LogP contribution in [0, 0.1) is 12.3 Å². The van der Waals surface area contributed by atoms with Gasteiger partial charge >= 0.3 is 0 Å². The molecule has 5 nitrogen and oxygen atoms in total. The molecule has 4 rings (SSSR count). The molecule has 0 saturated carbocycles. The largest absolute Gasteiger partial charge is 0.340 e. The van der Waals surface area contributed by atoms with E-state index in [0.717, 1.165) is 43.3 Å². The Balaban J connectivity index is 1.52. The standard InChI is InChI=1S/C16H18N4OS/c1-12-7-17-15(18-8-12)19-4-3-16(10-19)6-14(21)20(11-16)13-2-5-22-9-13/h2,5,7-9H,3-4,6,10-11H2,1H3. The Labute approximate surface area is 133 Å². The van der Waals surface area contributed by atoms with Gasteiger partial charge in [0.15, 0.2) is 0 Å². The fraction of sp³-hybridized carbons (Fsp3) is 0.438. The minimum atomic E-state index is 0.0489. The minimum Gasteiger partial charge on any atom is -0.340 e. The lowest BCUT2D eigenvalue weighted by Crippen LogP contribution is -2.31. The van der Waals surface area contributed by atoms with Crippen molar-refractivity contribution in [1.82, 2.24) is 9.97 Å². The fourth-order valence-electron chi connectivity index (χ4n) is 3.47. The van der Waals surface area contributed by atoms with Gasteiger partial charge in [-0.2, -0.15) is 11.3 Å². The number of rotatable bonds is 2. The molecule has 4 heterocycles. The first-order chi connectivity index (χ1) is 10.7. The van der Waals surface area contributed by atoms with Gasteiger partial charge in [-0.05, 0) is 30.4 Å². The summed E-state index contributed by atoms with van der Waals surface area (Å²) in [5, 5.41) is 4.07. The molecule has 2 aromatic heterocycles. The van der Waals surface area contributed by atoms with Gasteiger partial charge in [-0.3, -0.25) is 4.79 Å². The van der Waals surface area contributed by atoms with Crippen molar-refractivity contribution in [1.29, 1.82) is 0 Å². The van der Waals surface area contributed by atoms with E-state index in [-0.39, 0.29) is 11.3 Å². The third kappa shape index (κ3) is 2.27. The van der Waals surface area contributed by atoms with Crippen LogP contribution in [-0.4, -0.2) is 35.5 Å². The molecule has 0 aromatic carbocycles. The highest BCUT2D eigenvalue weighted by Gasteiger charge is 2.48. The Morgan fingerprint density at radius 3 is 2.82 bits per heavy atom. The van der Waals surface area contributed by atoms with Crippen LogP contribution in [0.5, 0.6) is 0 Å². The van der Waals surface area contributed by atoms with Gasteiger partial charge in [-0.1, -0.05) is 0 Å². The van der Waals surface area contributed by atoms with Gasteiger partial charge in [0.05, 0.1) is 5.69 Å². The molecule has 6 heteroatoms. The number of aromatic nitrogens is 2. The second kappa shape index (κ2) is 5.05. The second-order valence-corrected chi connectivity index (χ2v) is 7.15. The Morgan fingerprint density at radius 2 is 2.09 bits per heavy atom. The molecule has 0 radical (unpaired) electrons. The van der Waals surface area contributed by atoms with Gasteiger partial charge in [0.1, 0.15) is 0 Å². The summed E-state index contributed by atoms with van der Waals surface area (Å²) in [6.07, 6.45) is 5.36. The van der Waals surface area contributed by atoms with Crippen LogP contribution >= 0.6 is 11.3 Å². The molecule has 2 aliphatic heterocycles. The van der Waals surface area contributed by atoms with E-state index in [1.54, 1.807) is 11.3 Å². The SMILES string of the molecule is Cc1cnc(N2CCC3(CC(=O)N(c4ccsc4)C3)C2)nc1. The lowest BCUT2D eigenvalue weighted by atomic mass is 9.86. The minimum absolute atomic E-state index is 0.0489. The van der Waals surface area contributed by atoms with Crippen LogP contribution in [0.3, 0.4) is 0 Å². The first-order valence-corrected chi connectivity index (χ1v) is 8.46. The van der Waals surface area contributed by atoms with E-state index < -0.39 is 0 Å². The van der Waals surface area contributed by atoms with Crippen molar-refractivity contribution < 1.29 is 4.79 Å². The molecule has 1 spiro atoms. The molecule has 22 heavy (non-hydrogen) atoms. The predicted octanol–water partition coefficient (Wildman–Crippen LogP) is 2.48. The Hall–Kier alpha value is -1.95. The van der Waals surface area contributed by atoms with Gasteiger partial charge in [-0.25, -0.2) is 9.97 Å². The number of aryl methyl sites for hydroxylation is 1. The summed E-state index contributed by atoms with van der Waals surface area (Å²) < 4.78 is 0. The van der Waals surface area contributed by atoms with Crippen LogP contribution < -0.4 is 9.80 Å². The fourth-order valence-corrected chi connectivity index (χ4v) is 4.11. The highest BCUT2D eigenvalue weighted by atomic mass is 32.1. The van der Waals surface area contributed by atoms with E-state index in [2.05, 4.69) is 14.9 Å². The molecule has 0 N–H and O–H groups in total. The predicted molar refractivity (Wildman–Crippen MR) is 87.3 cm³/mol. The van der Waals surface area contributed by atoms with Crippen LogP contribution in [0.2, 0.25) is 0 Å². The number of carbonyl (C=O) groups is 1. The Morgan fingerprint density at radius 1 is 1.27 bits per heavy atom. The van der Waals surface area contributed by atoms with Gasteiger partial charge < -0.3 is 9.80 Å². The van der Waals surface area contributed by atoms with Crippen molar-refractivity contribution >= 4 is 28.9 Å². The number of hydrogen-bond donors (Lipinski definition) is 0. The summed E-state index contributed by atoms with van der Waals surface area (Å²) in [5.74, 6) is 1.02. The average molecular weight is 314 g/mol. The molecule has 1 atom stereocenters. The molecular weight excluding hydrogens is 296 g/mol. The zero-order chi connectivity index (χ0) is 15.2. The first kappa shape index (κ1) is 13.7. The third-order valence-electron chi connectivity index (χ3n) is 4.63. The average Bonchev–Trinajstić information content (AvgIpc) is 3.21. The Bertz CT molecular complexity index is 685. The second-order valence-electron chi connectivity index (χ2n) is 6.37. The van der Waals surface area contributed by atoms with Crippen LogP contribution in [0.25, 0.3) is 0 Å². The number of hydrogen-bond acceptors (Lipinski definition) is 5. The van der Waals surface area contributed by atoms with E-state index in [0.29, 0.717) is 6.42 Å². The van der Waals surface area contributed by atoms with Crippen molar-refractivity contribution in [2.75, 3.05) is 29.4 Å². The van der Waals surface area contributed by atoms with Crippen LogP contribution in [-0.2, 0) is 4.79 Å². The summed E-state index contributed by atoms with van der Waals surface area (Å²) in [7, 11) is 0. The summed E-state index contributed by atoms with van der Waals surface area (Å²) in [4.78, 5) is 25.4. The molecule has 2 saturated heterocycles. The van der Waals surface area contributed by atoms with Gasteiger partial charge in [-0.15, -0.1) is 0 Å². The van der Waals surface area contributed by atoms with E-state index in [4.69, 9.17) is 0 Å². The number of carbonyl (C=O) groups excluding carboxylic acids is 1. The zero-order valence-electron chi connectivity index (χ0n) is 12.5. The summed E-state index contributed by atoms with van der Waals surface area (Å²) >= 11 is 1.63. The quantitative estimate of drug-likeness (QED) is 0.854. The normalized spacial score (nSPS) is 24.7. The molecular formula is C16H18N4OS. The van der Waals surface area contributed by atoms with Crippen LogP contribution in [0.15, 0.2) is 29.2 Å². The van der Waals surface area contributed by atoms with E-state index in [1.807, 2.05) is 41.0 Å². The highest BCUT2D eigenvalue weighted by Crippen LogP contribution is 2.42. The summed E-state index contributed by atoms with van der Waals surface area (Å²) in [5.41, 5.74) is 2.15. The molecule has 1 unspecified atom stereocenters. The van der Waals surface area contributed by atoms with Crippen molar-refractivity contribution in [3.8, 4) is 0 Å². The maximum Gasteiger partial charge on any atom is 0.227 e. The topological polar surface area (TPSA) is 49.3 Å². The molecule has 114 valence electrons. The van der Waals surface area contributed by atoms with Crippen LogP contribution in [0.4, 0.5) is 11.6 Å². The van der Waals surface area contributed by atoms with E-state index in [1.165, 1.54) is 0 Å². The van der Waals surface area contributed by atoms with E-state index >= 15 is 0 Å². The van der Waals surface area contributed by atoms with Crippen molar-refractivity contribution in [3.05, 3.63) is 34.8 Å². The highest BCUT2D eigenvalue weighted by molar-refractivity contribution is 7.08. The summed E-state index contributed by atoms with van der Waals surface area (Å²) in [6.45, 7) is 4.59. The summed E-state index contributed by atoms with van der Waals surface area (Å²) in [6, 6.07) is 2.03. The van der Waals surface area contributed by atoms with Gasteiger partial charge in [0.2, 0.25) is 11.9 Å². The third-order valence-corrected chi connectivity index (χ3v) is 5.30. The molecule has 0 bridgehead atoms. The monoisotopic (exact) mass is 314 g/mol. The lowest BCUT2D eigenvalue weighted by molar-refractivity contribution is -0.117. The van der Waals surface area contributed by atoms with Crippen molar-refractivity contribution in [3.63, 3.8) is 0 Å². The number of anilines is 2. The molecule has 2 aromatic rings. The smallest absolute Gasteiger partial charge is 0.227 e. The molecule has 2 aliphatic rings. The number of thiophene rings is 1. The molecule has 0 aliphatic carbocycles. The van der Waals surface area contributed by atoms with Crippen LogP contribution in [0.1, 0.15) is 18.4 Å². The zero-order valence-corrected chi connectivity index (χ0v) is 13.3. The van der Waals surface area contributed by atoms with Crippen molar-refractivity contribution in [2.24, 2.45) is 5.41 Å². The maximum absolute atomic E-state index is 12.4. The lowest BCUT2D eigenvalue weighted by Gasteiger charge is -2.23. The maximum atomic E-state index is 12.4. The van der Waals surface area contributed by atoms with E-state index in [9.17, 15) is 4.79 Å². The van der Waals surface area contributed by atoms with Gasteiger partial charge in [0, 0.05) is 49.2 Å². The number of amides is 1.